The molecule has 0 atom stereocenters. The van der Waals surface area contributed by atoms with Gasteiger partial charge in [0, 0.05) is 41.5 Å². The molecule has 0 fully saturated rings. The van der Waals surface area contributed by atoms with Crippen molar-refractivity contribution in [2.45, 2.75) is 24.7 Å². The smallest absolute Gasteiger partial charge is 0.268 e. The summed E-state index contributed by atoms with van der Waals surface area (Å²) in [6, 6.07) is 15.9. The van der Waals surface area contributed by atoms with Crippen LogP contribution in [-0.4, -0.2) is 30.3 Å². The molecule has 6 nitrogen and oxygen atoms in total. The van der Waals surface area contributed by atoms with Gasteiger partial charge >= 0.3 is 0 Å². The summed E-state index contributed by atoms with van der Waals surface area (Å²) in [6.07, 6.45) is 4.53. The van der Waals surface area contributed by atoms with Crippen molar-refractivity contribution in [1.82, 2.24) is 3.97 Å². The summed E-state index contributed by atoms with van der Waals surface area (Å²) in [5, 5.41) is 15.8. The third-order valence-corrected chi connectivity index (χ3v) is 7.75. The van der Waals surface area contributed by atoms with Crippen molar-refractivity contribution in [1.29, 1.82) is 0 Å². The molecule has 8 heteroatoms. The van der Waals surface area contributed by atoms with E-state index >= 15 is 0 Å². The number of aromatic nitrogens is 1. The lowest BCUT2D eigenvalue weighted by Gasteiger charge is -2.16. The molecule has 2 N–H and O–H groups in total. The van der Waals surface area contributed by atoms with Gasteiger partial charge in [0.2, 0.25) is 0 Å². The zero-order valence-corrected chi connectivity index (χ0v) is 19.5. The summed E-state index contributed by atoms with van der Waals surface area (Å²) in [4.78, 5) is 4.63. The molecular formula is C25H22ClN3O3S. The molecule has 0 bridgehead atoms. The number of hydrogen-bond donors (Lipinski definition) is 2. The quantitative estimate of drug-likeness (QED) is 0.294. The van der Waals surface area contributed by atoms with Crippen LogP contribution in [0, 0.1) is 6.92 Å². The Hall–Kier alpha value is -3.29. The highest BCUT2D eigenvalue weighted by molar-refractivity contribution is 7.90. The Labute approximate surface area is 197 Å². The Kier molecular flexibility index (Phi) is 5.38. The van der Waals surface area contributed by atoms with Crippen molar-refractivity contribution in [2.75, 3.05) is 11.9 Å². The fourth-order valence-corrected chi connectivity index (χ4v) is 5.61. The summed E-state index contributed by atoms with van der Waals surface area (Å²) in [6.45, 7) is 2.58. The summed E-state index contributed by atoms with van der Waals surface area (Å²) in [7, 11) is -3.90. The van der Waals surface area contributed by atoms with Gasteiger partial charge in [0.05, 0.1) is 4.90 Å². The Morgan fingerprint density at radius 1 is 1.15 bits per heavy atom. The fraction of sp³-hybridized carbons (Fsp3) is 0.160. The minimum atomic E-state index is -3.90. The topological polar surface area (TPSA) is 83.7 Å². The van der Waals surface area contributed by atoms with E-state index in [1.165, 1.54) is 3.97 Å². The van der Waals surface area contributed by atoms with Crippen molar-refractivity contribution in [3.05, 3.63) is 82.5 Å². The molecule has 5 rings (SSSR count). The molecular weight excluding hydrogens is 458 g/mol. The number of halogens is 1. The lowest BCUT2D eigenvalue weighted by molar-refractivity contribution is 0.481. The highest BCUT2D eigenvalue weighted by Gasteiger charge is 2.28. The molecule has 3 aromatic carbocycles. The molecule has 1 aromatic heterocycles. The van der Waals surface area contributed by atoms with Crippen molar-refractivity contribution >= 4 is 50.1 Å². The number of aromatic hydroxyl groups is 1. The number of benzene rings is 3. The molecule has 1 aliphatic rings. The molecule has 0 amide bonds. The zero-order valence-electron chi connectivity index (χ0n) is 17.9. The van der Waals surface area contributed by atoms with Gasteiger partial charge < -0.3 is 10.4 Å². The van der Waals surface area contributed by atoms with Crippen molar-refractivity contribution < 1.29 is 13.5 Å². The maximum absolute atomic E-state index is 13.5. The number of aryl methyl sites for hydroxylation is 1. The van der Waals surface area contributed by atoms with Crippen LogP contribution >= 0.6 is 11.6 Å². The number of nitrogens with zero attached hydrogens (tertiary/aromatic N) is 2. The van der Waals surface area contributed by atoms with E-state index in [-0.39, 0.29) is 16.2 Å². The van der Waals surface area contributed by atoms with Crippen LogP contribution in [0.15, 0.2) is 70.7 Å². The van der Waals surface area contributed by atoms with E-state index in [4.69, 9.17) is 11.6 Å². The first-order valence-electron chi connectivity index (χ1n) is 10.6. The second-order valence-corrected chi connectivity index (χ2v) is 10.4. The average Bonchev–Trinajstić information content (AvgIpc) is 3.21. The van der Waals surface area contributed by atoms with Crippen molar-refractivity contribution in [2.24, 2.45) is 4.99 Å². The number of phenols is 1. The number of hydrogen-bond acceptors (Lipinski definition) is 5. The van der Waals surface area contributed by atoms with Crippen molar-refractivity contribution in [3.8, 4) is 5.75 Å². The molecule has 0 spiro atoms. The third-order valence-electron chi connectivity index (χ3n) is 5.83. The Balaban J connectivity index is 1.62. The van der Waals surface area contributed by atoms with Gasteiger partial charge in [0.1, 0.15) is 11.2 Å². The Morgan fingerprint density at radius 2 is 1.88 bits per heavy atom. The predicted molar refractivity (Wildman–Crippen MR) is 133 cm³/mol. The van der Waals surface area contributed by atoms with Crippen molar-refractivity contribution in [3.63, 3.8) is 0 Å². The standard InChI is InChI=1S/C25H22ClN3O3S/c1-16-2-8-20(9-3-16)33(31,32)29-15-18-11-13-27-21-14-22(25(30)24(29)23(18)21)28-12-10-17-4-6-19(26)7-5-17/h2-9,12,14-15,27,30H,10-11,13H2,1H3. The molecule has 0 saturated heterocycles. The first kappa shape index (κ1) is 21.6. The molecule has 0 aliphatic carbocycles. The molecule has 1 aliphatic heterocycles. The molecule has 0 saturated carbocycles. The fourth-order valence-electron chi connectivity index (χ4n) is 4.10. The number of aliphatic imine (C=N–C) groups is 1. The predicted octanol–water partition coefficient (Wildman–Crippen LogP) is 5.46. The number of rotatable bonds is 5. The molecule has 0 unspecified atom stereocenters. The highest BCUT2D eigenvalue weighted by atomic mass is 35.5. The van der Waals surface area contributed by atoms with Gasteiger partial charge in [0.25, 0.3) is 10.0 Å². The molecule has 0 radical (unpaired) electrons. The monoisotopic (exact) mass is 479 g/mol. The van der Waals surface area contributed by atoms with E-state index in [9.17, 15) is 13.5 Å². The lowest BCUT2D eigenvalue weighted by atomic mass is 10.0. The SMILES string of the molecule is Cc1ccc(S(=O)(=O)n2cc3c4c(cc(N=CCc5ccc(Cl)cc5)c(O)c42)NCC3)cc1. The maximum Gasteiger partial charge on any atom is 0.268 e. The van der Waals surface area contributed by atoms with Crippen LogP contribution in [0.25, 0.3) is 10.9 Å². The zero-order chi connectivity index (χ0) is 23.2. The summed E-state index contributed by atoms with van der Waals surface area (Å²) in [5.74, 6) is -0.160. The summed E-state index contributed by atoms with van der Waals surface area (Å²) < 4.78 is 28.2. The minimum Gasteiger partial charge on any atom is -0.504 e. The average molecular weight is 480 g/mol. The van der Waals surface area contributed by atoms with E-state index in [2.05, 4.69) is 10.3 Å². The summed E-state index contributed by atoms with van der Waals surface area (Å²) >= 11 is 5.94. The number of nitrogens with one attached hydrogen (secondary N) is 1. The first-order valence-corrected chi connectivity index (χ1v) is 12.4. The van der Waals surface area contributed by atoms with Gasteiger partial charge in [-0.15, -0.1) is 0 Å². The molecule has 33 heavy (non-hydrogen) atoms. The molecule has 2 heterocycles. The molecule has 168 valence electrons. The van der Waals surface area contributed by atoms with Crippen LogP contribution in [0.1, 0.15) is 16.7 Å². The lowest BCUT2D eigenvalue weighted by Crippen LogP contribution is -2.12. The third kappa shape index (κ3) is 3.87. The largest absolute Gasteiger partial charge is 0.504 e. The minimum absolute atomic E-state index is 0.160. The first-order chi connectivity index (χ1) is 15.8. The van der Waals surface area contributed by atoms with Gasteiger partial charge in [-0.2, -0.15) is 0 Å². The van der Waals surface area contributed by atoms with E-state index < -0.39 is 10.0 Å². The van der Waals surface area contributed by atoms with E-state index in [1.807, 2.05) is 31.2 Å². The normalized spacial score (nSPS) is 13.5. The van der Waals surface area contributed by atoms with Gasteiger partial charge in [-0.3, -0.25) is 4.99 Å². The summed E-state index contributed by atoms with van der Waals surface area (Å²) in [5.41, 5.74) is 4.19. The van der Waals surface area contributed by atoms with Gasteiger partial charge in [-0.1, -0.05) is 41.4 Å². The number of anilines is 1. The highest BCUT2D eigenvalue weighted by Crippen LogP contribution is 2.44. The maximum atomic E-state index is 13.5. The Morgan fingerprint density at radius 3 is 2.61 bits per heavy atom. The van der Waals surface area contributed by atoms with Crippen LogP contribution in [-0.2, 0) is 22.9 Å². The van der Waals surface area contributed by atoms with Gasteiger partial charge in [0.15, 0.2) is 5.75 Å². The van der Waals surface area contributed by atoms with E-state index in [1.54, 1.807) is 42.7 Å². The van der Waals surface area contributed by atoms with E-state index in [0.717, 1.165) is 22.4 Å². The second-order valence-electron chi connectivity index (χ2n) is 8.10. The van der Waals surface area contributed by atoms with Crippen LogP contribution in [0.5, 0.6) is 5.75 Å². The van der Waals surface area contributed by atoms with Gasteiger partial charge in [-0.25, -0.2) is 12.4 Å². The van der Waals surface area contributed by atoms with Crippen LogP contribution in [0.4, 0.5) is 11.4 Å². The Bertz CT molecular complexity index is 1490. The van der Waals surface area contributed by atoms with Crippen LogP contribution in [0.2, 0.25) is 5.02 Å². The van der Waals surface area contributed by atoms with Crippen LogP contribution < -0.4 is 5.32 Å². The van der Waals surface area contributed by atoms with Gasteiger partial charge in [-0.05, 0) is 54.8 Å². The number of phenolic OH excluding ortho intramolecular Hbond substituents is 1. The second kappa shape index (κ2) is 8.24. The van der Waals surface area contributed by atoms with E-state index in [0.29, 0.717) is 35.5 Å². The molecule has 4 aromatic rings. The van der Waals surface area contributed by atoms with Crippen LogP contribution in [0.3, 0.4) is 0 Å².